The van der Waals surface area contributed by atoms with Crippen LogP contribution in [0.3, 0.4) is 0 Å². The molecule has 1 saturated heterocycles. The van der Waals surface area contributed by atoms with Crippen LogP contribution in [0.5, 0.6) is 0 Å². The topological polar surface area (TPSA) is 87.9 Å². The Morgan fingerprint density at radius 2 is 1.93 bits per heavy atom. The molecule has 1 aromatic carbocycles. The van der Waals surface area contributed by atoms with Gasteiger partial charge >= 0.3 is 5.97 Å². The van der Waals surface area contributed by atoms with Crippen LogP contribution in [0.4, 0.5) is 5.69 Å². The number of esters is 1. The van der Waals surface area contributed by atoms with Crippen LogP contribution < -0.4 is 4.90 Å². The Labute approximate surface area is 176 Å². The number of carbonyl (C=O) groups excluding carboxylic acids is 2. The molecule has 1 fully saturated rings. The van der Waals surface area contributed by atoms with E-state index in [1.807, 2.05) is 4.90 Å². The summed E-state index contributed by atoms with van der Waals surface area (Å²) < 4.78 is 6.29. The second-order valence-electron chi connectivity index (χ2n) is 8.00. The van der Waals surface area contributed by atoms with Crippen molar-refractivity contribution in [3.05, 3.63) is 46.3 Å². The lowest BCUT2D eigenvalue weighted by atomic mass is 10.1. The Balaban J connectivity index is 1.45. The Bertz CT molecular complexity index is 976. The summed E-state index contributed by atoms with van der Waals surface area (Å²) in [5.41, 5.74) is 5.22. The molecule has 1 aliphatic heterocycles. The summed E-state index contributed by atoms with van der Waals surface area (Å²) in [6.45, 7) is 7.04. The number of aromatic nitrogens is 2. The van der Waals surface area contributed by atoms with Crippen LogP contribution in [0, 0.1) is 13.8 Å². The van der Waals surface area contributed by atoms with E-state index < -0.39 is 12.1 Å². The molecule has 0 saturated carbocycles. The fraction of sp³-hybridized carbons (Fsp3) is 0.500. The molecule has 1 atom stereocenters. The third-order valence-corrected chi connectivity index (χ3v) is 6.29. The molecular weight excluding hydrogens is 384 g/mol. The number of carbonyl (C=O) groups is 2. The van der Waals surface area contributed by atoms with Gasteiger partial charge in [0, 0.05) is 37.4 Å². The van der Waals surface area contributed by atoms with Gasteiger partial charge in [0.15, 0.2) is 5.69 Å². The Morgan fingerprint density at radius 1 is 1.20 bits per heavy atom. The number of aryl methyl sites for hydroxylation is 1. The minimum atomic E-state index is -0.708. The number of anilines is 1. The van der Waals surface area contributed by atoms with Gasteiger partial charge in [-0.25, -0.2) is 4.79 Å². The van der Waals surface area contributed by atoms with Crippen molar-refractivity contribution >= 4 is 17.6 Å². The summed E-state index contributed by atoms with van der Waals surface area (Å²) in [6, 6.07) is 6.30. The molecule has 2 aromatic rings. The molecule has 8 nitrogen and oxygen atoms in total. The number of rotatable bonds is 4. The van der Waals surface area contributed by atoms with Crippen LogP contribution >= 0.6 is 0 Å². The second-order valence-corrected chi connectivity index (χ2v) is 8.00. The van der Waals surface area contributed by atoms with Gasteiger partial charge in [-0.15, -0.1) is 0 Å². The quantitative estimate of drug-likeness (QED) is 0.768. The number of methoxy groups -OCH3 is 1. The van der Waals surface area contributed by atoms with Gasteiger partial charge in [0.25, 0.3) is 0 Å². The highest BCUT2D eigenvalue weighted by Crippen LogP contribution is 2.33. The number of hydrogen-bond acceptors (Lipinski definition) is 6. The first-order valence-corrected chi connectivity index (χ1v) is 10.4. The van der Waals surface area contributed by atoms with Crippen LogP contribution in [0.1, 0.15) is 45.4 Å². The summed E-state index contributed by atoms with van der Waals surface area (Å²) in [6.07, 6.45) is 0.378. The van der Waals surface area contributed by atoms with Crippen LogP contribution in [0.15, 0.2) is 18.2 Å². The van der Waals surface area contributed by atoms with E-state index in [4.69, 9.17) is 4.74 Å². The summed E-state index contributed by atoms with van der Waals surface area (Å²) in [4.78, 5) is 29.1. The number of piperazine rings is 1. The van der Waals surface area contributed by atoms with Gasteiger partial charge in [-0.1, -0.05) is 12.1 Å². The minimum absolute atomic E-state index is 0.0138. The van der Waals surface area contributed by atoms with Crippen LogP contribution in [0.25, 0.3) is 0 Å². The van der Waals surface area contributed by atoms with Crippen molar-refractivity contribution in [2.24, 2.45) is 0 Å². The van der Waals surface area contributed by atoms with Gasteiger partial charge in [-0.2, -0.15) is 5.10 Å². The zero-order valence-electron chi connectivity index (χ0n) is 17.7. The summed E-state index contributed by atoms with van der Waals surface area (Å²) in [7, 11) is 1.31. The highest BCUT2D eigenvalue weighted by molar-refractivity contribution is 5.89. The summed E-state index contributed by atoms with van der Waals surface area (Å²) >= 11 is 0. The zero-order valence-corrected chi connectivity index (χ0v) is 17.7. The van der Waals surface area contributed by atoms with Crippen molar-refractivity contribution in [2.75, 3.05) is 38.2 Å². The monoisotopic (exact) mass is 412 g/mol. The molecule has 1 aliphatic carbocycles. The number of ether oxygens (including phenoxy) is 1. The molecule has 2 aliphatic rings. The largest absolute Gasteiger partial charge is 0.464 e. The van der Waals surface area contributed by atoms with E-state index in [1.165, 1.54) is 28.6 Å². The number of amides is 1. The first-order valence-electron chi connectivity index (χ1n) is 10.4. The van der Waals surface area contributed by atoms with Crippen molar-refractivity contribution in [3.8, 4) is 0 Å². The lowest BCUT2D eigenvalue weighted by Crippen LogP contribution is -2.50. The van der Waals surface area contributed by atoms with E-state index in [1.54, 1.807) is 0 Å². The van der Waals surface area contributed by atoms with Crippen molar-refractivity contribution in [2.45, 2.75) is 39.3 Å². The van der Waals surface area contributed by atoms with Gasteiger partial charge < -0.3 is 19.6 Å². The van der Waals surface area contributed by atoms with E-state index in [0.29, 0.717) is 37.2 Å². The maximum Gasteiger partial charge on any atom is 0.358 e. The van der Waals surface area contributed by atoms with Crippen molar-refractivity contribution < 1.29 is 19.4 Å². The number of benzene rings is 1. The number of aliphatic hydroxyl groups excluding tert-OH is 1. The first kappa shape index (κ1) is 20.4. The van der Waals surface area contributed by atoms with Gasteiger partial charge in [0.1, 0.15) is 6.54 Å². The molecule has 160 valence electrons. The van der Waals surface area contributed by atoms with Crippen LogP contribution in [-0.2, 0) is 22.5 Å². The SMILES string of the molecule is COC(=O)c1nn(CC(=O)N2CCN(c3cccc(C)c3C)CC2)c2c1CCC2O. The molecule has 0 radical (unpaired) electrons. The van der Waals surface area contributed by atoms with Crippen molar-refractivity contribution in [3.63, 3.8) is 0 Å². The molecule has 0 bridgehead atoms. The van der Waals surface area contributed by atoms with E-state index in [9.17, 15) is 14.7 Å². The molecule has 4 rings (SSSR count). The maximum atomic E-state index is 12.9. The molecule has 2 heterocycles. The van der Waals surface area contributed by atoms with Crippen LogP contribution in [-0.4, -0.2) is 65.0 Å². The number of fused-ring (bicyclic) bond motifs is 1. The van der Waals surface area contributed by atoms with Gasteiger partial charge in [0.05, 0.1) is 18.9 Å². The minimum Gasteiger partial charge on any atom is -0.464 e. The number of nitrogens with zero attached hydrogens (tertiary/aromatic N) is 4. The molecule has 8 heteroatoms. The number of aliphatic hydroxyl groups is 1. The van der Waals surface area contributed by atoms with E-state index in [0.717, 1.165) is 13.1 Å². The van der Waals surface area contributed by atoms with Gasteiger partial charge in [-0.3, -0.25) is 9.48 Å². The molecule has 1 unspecified atom stereocenters. The third kappa shape index (κ3) is 3.56. The van der Waals surface area contributed by atoms with Crippen molar-refractivity contribution in [1.29, 1.82) is 0 Å². The Hall–Kier alpha value is -2.87. The Morgan fingerprint density at radius 3 is 2.63 bits per heavy atom. The third-order valence-electron chi connectivity index (χ3n) is 6.29. The molecule has 1 amide bonds. The highest BCUT2D eigenvalue weighted by Gasteiger charge is 2.33. The average Bonchev–Trinajstić information content (AvgIpc) is 3.30. The summed E-state index contributed by atoms with van der Waals surface area (Å²) in [5.74, 6) is -0.592. The fourth-order valence-electron chi connectivity index (χ4n) is 4.43. The average molecular weight is 412 g/mol. The lowest BCUT2D eigenvalue weighted by Gasteiger charge is -2.37. The molecule has 1 N–H and O–H groups in total. The zero-order chi connectivity index (χ0) is 21.4. The second kappa shape index (κ2) is 8.10. The smallest absolute Gasteiger partial charge is 0.358 e. The lowest BCUT2D eigenvalue weighted by molar-refractivity contribution is -0.132. The van der Waals surface area contributed by atoms with E-state index >= 15 is 0 Å². The first-order chi connectivity index (χ1) is 14.4. The maximum absolute atomic E-state index is 12.9. The van der Waals surface area contributed by atoms with E-state index in [-0.39, 0.29) is 18.1 Å². The predicted octanol–water partition coefficient (Wildman–Crippen LogP) is 1.61. The molecular formula is C22H28N4O4. The van der Waals surface area contributed by atoms with Gasteiger partial charge in [0.2, 0.25) is 5.91 Å². The van der Waals surface area contributed by atoms with Gasteiger partial charge in [-0.05, 0) is 43.9 Å². The van der Waals surface area contributed by atoms with Crippen molar-refractivity contribution in [1.82, 2.24) is 14.7 Å². The molecule has 1 aromatic heterocycles. The fourth-order valence-corrected chi connectivity index (χ4v) is 4.43. The Kier molecular flexibility index (Phi) is 5.51. The number of hydrogen-bond donors (Lipinski definition) is 1. The standard InChI is InChI=1S/C22H28N4O4/c1-14-5-4-6-17(15(14)2)24-9-11-25(12-10-24)19(28)13-26-21-16(7-8-18(21)27)20(23-26)22(29)30-3/h4-6,18,27H,7-13H2,1-3H3. The highest BCUT2D eigenvalue weighted by atomic mass is 16.5. The normalized spacial score (nSPS) is 18.5. The predicted molar refractivity (Wildman–Crippen MR) is 112 cm³/mol. The van der Waals surface area contributed by atoms with Crippen LogP contribution in [0.2, 0.25) is 0 Å². The molecule has 0 spiro atoms. The molecule has 30 heavy (non-hydrogen) atoms. The summed E-state index contributed by atoms with van der Waals surface area (Å²) in [5, 5.41) is 14.6. The van der Waals surface area contributed by atoms with E-state index in [2.05, 4.69) is 42.0 Å².